The Labute approximate surface area is 144 Å². The normalized spacial score (nSPS) is 10.5. The molecule has 2 aromatic carbocycles. The molecule has 0 saturated heterocycles. The number of nitrogens with one attached hydrogen (secondary N) is 1. The van der Waals surface area contributed by atoms with E-state index in [4.69, 9.17) is 13.9 Å². The topological polar surface area (TPSA) is 77.8 Å². The van der Waals surface area contributed by atoms with Crippen molar-refractivity contribution in [1.82, 2.24) is 0 Å². The molecule has 1 aromatic heterocycles. The minimum absolute atomic E-state index is 0.163. The molecule has 1 heterocycles. The van der Waals surface area contributed by atoms with Gasteiger partial charge in [0, 0.05) is 17.1 Å². The van der Waals surface area contributed by atoms with Gasteiger partial charge in [0.05, 0.1) is 20.6 Å². The maximum absolute atomic E-state index is 12.3. The van der Waals surface area contributed by atoms with Crippen LogP contribution in [0.1, 0.15) is 5.56 Å². The molecule has 0 aliphatic carbocycles. The van der Waals surface area contributed by atoms with Gasteiger partial charge in [-0.05, 0) is 42.0 Å². The van der Waals surface area contributed by atoms with Gasteiger partial charge in [-0.1, -0.05) is 6.07 Å². The molecule has 0 atom stereocenters. The number of fused-ring (bicyclic) bond motifs is 1. The number of hydrogen-bond donors (Lipinski definition) is 1. The van der Waals surface area contributed by atoms with Crippen molar-refractivity contribution in [2.45, 2.75) is 6.42 Å². The first-order valence-electron chi connectivity index (χ1n) is 7.64. The lowest BCUT2D eigenvalue weighted by Crippen LogP contribution is -2.14. The van der Waals surface area contributed by atoms with Crippen molar-refractivity contribution in [3.05, 3.63) is 64.5 Å². The van der Waals surface area contributed by atoms with Gasteiger partial charge in [-0.2, -0.15) is 0 Å². The number of amides is 1. The number of benzene rings is 2. The van der Waals surface area contributed by atoms with E-state index < -0.39 is 5.63 Å². The third-order valence-corrected chi connectivity index (χ3v) is 3.72. The molecule has 128 valence electrons. The van der Waals surface area contributed by atoms with Crippen molar-refractivity contribution in [3.8, 4) is 11.5 Å². The van der Waals surface area contributed by atoms with Crippen LogP contribution < -0.4 is 20.4 Å². The van der Waals surface area contributed by atoms with Gasteiger partial charge in [-0.25, -0.2) is 4.79 Å². The van der Waals surface area contributed by atoms with Gasteiger partial charge in [0.25, 0.3) is 0 Å². The summed E-state index contributed by atoms with van der Waals surface area (Å²) in [5.74, 6) is 1.03. The number of ether oxygens (including phenoxy) is 2. The first-order chi connectivity index (χ1) is 12.1. The molecule has 0 aliphatic heterocycles. The summed E-state index contributed by atoms with van der Waals surface area (Å²) in [6.07, 6.45) is 0.197. The SMILES string of the molecule is COc1ccc(CC(=O)Nc2ccc3oc(=O)ccc3c2)cc1OC. The van der Waals surface area contributed by atoms with E-state index in [0.717, 1.165) is 10.9 Å². The lowest BCUT2D eigenvalue weighted by Gasteiger charge is -2.10. The van der Waals surface area contributed by atoms with E-state index in [1.54, 1.807) is 50.6 Å². The third-order valence-electron chi connectivity index (χ3n) is 3.72. The number of methoxy groups -OCH3 is 2. The fourth-order valence-electron chi connectivity index (χ4n) is 2.53. The second-order valence-corrected chi connectivity index (χ2v) is 5.42. The van der Waals surface area contributed by atoms with E-state index in [-0.39, 0.29) is 12.3 Å². The molecule has 0 unspecified atom stereocenters. The second-order valence-electron chi connectivity index (χ2n) is 5.42. The van der Waals surface area contributed by atoms with Crippen molar-refractivity contribution >= 4 is 22.6 Å². The molecule has 0 bridgehead atoms. The van der Waals surface area contributed by atoms with Crippen LogP contribution in [0, 0.1) is 0 Å². The number of carbonyl (C=O) groups excluding carboxylic acids is 1. The Morgan fingerprint density at radius 3 is 2.56 bits per heavy atom. The van der Waals surface area contributed by atoms with Gasteiger partial charge < -0.3 is 19.2 Å². The van der Waals surface area contributed by atoms with Crippen LogP contribution in [0.15, 0.2) is 57.7 Å². The van der Waals surface area contributed by atoms with Gasteiger partial charge in [0.15, 0.2) is 11.5 Å². The molecule has 0 spiro atoms. The van der Waals surface area contributed by atoms with E-state index in [1.807, 2.05) is 6.07 Å². The largest absolute Gasteiger partial charge is 0.493 e. The van der Waals surface area contributed by atoms with Gasteiger partial charge in [0.1, 0.15) is 5.58 Å². The Balaban J connectivity index is 1.74. The average Bonchev–Trinajstić information content (AvgIpc) is 2.61. The van der Waals surface area contributed by atoms with E-state index in [0.29, 0.717) is 22.8 Å². The fraction of sp³-hybridized carbons (Fsp3) is 0.158. The van der Waals surface area contributed by atoms with Crippen molar-refractivity contribution in [3.63, 3.8) is 0 Å². The second kappa shape index (κ2) is 7.09. The van der Waals surface area contributed by atoms with Crippen molar-refractivity contribution < 1.29 is 18.7 Å². The summed E-state index contributed by atoms with van der Waals surface area (Å²) in [4.78, 5) is 23.5. The summed E-state index contributed by atoms with van der Waals surface area (Å²) in [7, 11) is 3.11. The van der Waals surface area contributed by atoms with Crippen LogP contribution in [-0.2, 0) is 11.2 Å². The van der Waals surface area contributed by atoms with Crippen molar-refractivity contribution in [2.75, 3.05) is 19.5 Å². The van der Waals surface area contributed by atoms with Crippen molar-refractivity contribution in [1.29, 1.82) is 0 Å². The Kier molecular flexibility index (Phi) is 4.70. The van der Waals surface area contributed by atoms with Crippen LogP contribution in [0.25, 0.3) is 11.0 Å². The number of carbonyl (C=O) groups is 1. The zero-order valence-electron chi connectivity index (χ0n) is 13.9. The summed E-state index contributed by atoms with van der Waals surface area (Å²) in [5, 5.41) is 3.57. The minimum Gasteiger partial charge on any atom is -0.493 e. The van der Waals surface area contributed by atoms with Crippen LogP contribution in [0.2, 0.25) is 0 Å². The molecule has 0 saturated carbocycles. The predicted molar refractivity (Wildman–Crippen MR) is 94.4 cm³/mol. The zero-order chi connectivity index (χ0) is 17.8. The summed E-state index contributed by atoms with van der Waals surface area (Å²) >= 11 is 0. The Bertz CT molecular complexity index is 977. The molecule has 25 heavy (non-hydrogen) atoms. The molecule has 1 amide bonds. The highest BCUT2D eigenvalue weighted by Gasteiger charge is 2.09. The van der Waals surface area contributed by atoms with Crippen LogP contribution in [0.5, 0.6) is 11.5 Å². The Morgan fingerprint density at radius 1 is 1.00 bits per heavy atom. The molecular weight excluding hydrogens is 322 g/mol. The number of rotatable bonds is 5. The molecule has 3 rings (SSSR count). The predicted octanol–water partition coefficient (Wildman–Crippen LogP) is 2.99. The Morgan fingerprint density at radius 2 is 1.80 bits per heavy atom. The van der Waals surface area contributed by atoms with E-state index in [9.17, 15) is 9.59 Å². The van der Waals surface area contributed by atoms with E-state index in [1.165, 1.54) is 6.07 Å². The van der Waals surface area contributed by atoms with E-state index in [2.05, 4.69) is 5.32 Å². The molecule has 0 radical (unpaired) electrons. The van der Waals surface area contributed by atoms with E-state index >= 15 is 0 Å². The zero-order valence-corrected chi connectivity index (χ0v) is 13.9. The number of anilines is 1. The van der Waals surface area contributed by atoms with Gasteiger partial charge >= 0.3 is 5.63 Å². The lowest BCUT2D eigenvalue weighted by atomic mass is 10.1. The van der Waals surface area contributed by atoms with Crippen molar-refractivity contribution in [2.24, 2.45) is 0 Å². The van der Waals surface area contributed by atoms with Crippen LogP contribution in [0.4, 0.5) is 5.69 Å². The monoisotopic (exact) mass is 339 g/mol. The maximum Gasteiger partial charge on any atom is 0.336 e. The first kappa shape index (κ1) is 16.6. The summed E-state index contributed by atoms with van der Waals surface area (Å²) in [6.45, 7) is 0. The lowest BCUT2D eigenvalue weighted by molar-refractivity contribution is -0.115. The molecule has 3 aromatic rings. The average molecular weight is 339 g/mol. The minimum atomic E-state index is -0.405. The summed E-state index contributed by atoms with van der Waals surface area (Å²) in [6, 6.07) is 13.5. The molecular formula is C19H17NO5. The maximum atomic E-state index is 12.3. The van der Waals surface area contributed by atoms with Crippen LogP contribution >= 0.6 is 0 Å². The van der Waals surface area contributed by atoms with Crippen LogP contribution in [0.3, 0.4) is 0 Å². The Hall–Kier alpha value is -3.28. The highest BCUT2D eigenvalue weighted by Crippen LogP contribution is 2.27. The molecule has 6 nitrogen and oxygen atoms in total. The number of hydrogen-bond acceptors (Lipinski definition) is 5. The molecule has 1 N–H and O–H groups in total. The summed E-state index contributed by atoms with van der Waals surface area (Å²) in [5.41, 5.74) is 1.51. The highest BCUT2D eigenvalue weighted by atomic mass is 16.5. The highest BCUT2D eigenvalue weighted by molar-refractivity contribution is 5.94. The standard InChI is InChI=1S/C19H17NO5/c1-23-16-6-3-12(9-17(16)24-2)10-18(21)20-14-5-7-15-13(11-14)4-8-19(22)25-15/h3-9,11H,10H2,1-2H3,(H,20,21). The summed E-state index contributed by atoms with van der Waals surface area (Å²) < 4.78 is 15.5. The smallest absolute Gasteiger partial charge is 0.336 e. The molecule has 0 fully saturated rings. The van der Waals surface area contributed by atoms with Crippen LogP contribution in [-0.4, -0.2) is 20.1 Å². The first-order valence-corrected chi connectivity index (χ1v) is 7.64. The molecule has 6 heteroatoms. The molecule has 0 aliphatic rings. The van der Waals surface area contributed by atoms with Gasteiger partial charge in [0.2, 0.25) is 5.91 Å². The third kappa shape index (κ3) is 3.80. The fourth-order valence-corrected chi connectivity index (χ4v) is 2.53. The van der Waals surface area contributed by atoms with Gasteiger partial charge in [-0.15, -0.1) is 0 Å². The van der Waals surface area contributed by atoms with Gasteiger partial charge in [-0.3, -0.25) is 4.79 Å². The quantitative estimate of drug-likeness (QED) is 0.723.